The van der Waals surface area contributed by atoms with Crippen molar-refractivity contribution in [3.8, 4) is 11.1 Å². The summed E-state index contributed by atoms with van der Waals surface area (Å²) in [6.45, 7) is 5.20. The summed E-state index contributed by atoms with van der Waals surface area (Å²) in [7, 11) is -1.91. The molecule has 3 rings (SSSR count). The van der Waals surface area contributed by atoms with Crippen molar-refractivity contribution in [3.05, 3.63) is 89.0 Å². The Labute approximate surface area is 254 Å². The molecule has 0 saturated heterocycles. The third-order valence-electron chi connectivity index (χ3n) is 7.17. The van der Waals surface area contributed by atoms with Crippen molar-refractivity contribution in [2.75, 3.05) is 31.4 Å². The number of hydrogen-bond acceptors (Lipinski definition) is 7. The SMILES string of the molecule is CCCCS(=O)(=O)c1ccc(CCNCc2cccc(C(=O)N[C@@H](CCSC)C(=O)OC)c2-c2ccccc2C)cc1. The minimum absolute atomic E-state index is 0.172. The standard InChI is InChI=1S/C33H42N2O5S2/c1-5-6-22-42(38,39)27-16-14-25(15-17-27)18-20-34-23-26-11-9-13-29(31(26)28-12-8-7-10-24(28)2)32(36)35-30(19-21-41-4)33(37)40-3/h7-17,30,34H,5-6,18-23H2,1-4H3,(H,35,36)/t30-/m0/s1. The maximum atomic E-state index is 13.6. The monoisotopic (exact) mass is 610 g/mol. The quantitative estimate of drug-likeness (QED) is 0.161. The Morgan fingerprint density at radius 1 is 1.00 bits per heavy atom. The van der Waals surface area contributed by atoms with Crippen LogP contribution in [0.25, 0.3) is 11.1 Å². The third-order valence-corrected chi connectivity index (χ3v) is 9.63. The van der Waals surface area contributed by atoms with Gasteiger partial charge in [0, 0.05) is 12.1 Å². The molecule has 0 radical (unpaired) electrons. The predicted molar refractivity (Wildman–Crippen MR) is 172 cm³/mol. The highest BCUT2D eigenvalue weighted by Gasteiger charge is 2.24. The van der Waals surface area contributed by atoms with E-state index in [9.17, 15) is 18.0 Å². The van der Waals surface area contributed by atoms with Gasteiger partial charge in [-0.2, -0.15) is 11.8 Å². The molecule has 0 bridgehead atoms. The van der Waals surface area contributed by atoms with Gasteiger partial charge in [-0.05, 0) is 90.8 Å². The normalized spacial score (nSPS) is 12.1. The number of benzene rings is 3. The van der Waals surface area contributed by atoms with E-state index in [0.29, 0.717) is 42.1 Å². The summed E-state index contributed by atoms with van der Waals surface area (Å²) >= 11 is 1.60. The van der Waals surface area contributed by atoms with E-state index >= 15 is 0 Å². The Morgan fingerprint density at radius 3 is 2.40 bits per heavy atom. The van der Waals surface area contributed by atoms with Crippen LogP contribution in [0, 0.1) is 6.92 Å². The zero-order valence-corrected chi connectivity index (χ0v) is 26.6. The zero-order valence-electron chi connectivity index (χ0n) is 24.9. The Balaban J connectivity index is 1.78. The van der Waals surface area contributed by atoms with Crippen LogP contribution in [0.1, 0.15) is 53.2 Å². The summed E-state index contributed by atoms with van der Waals surface area (Å²) < 4.78 is 29.9. The number of unbranched alkanes of at least 4 members (excludes halogenated alkanes) is 1. The van der Waals surface area contributed by atoms with E-state index in [4.69, 9.17) is 4.74 Å². The fourth-order valence-corrected chi connectivity index (χ4v) is 6.67. The molecule has 0 saturated carbocycles. The van der Waals surface area contributed by atoms with Crippen LogP contribution >= 0.6 is 11.8 Å². The largest absolute Gasteiger partial charge is 0.467 e. The highest BCUT2D eigenvalue weighted by Crippen LogP contribution is 2.31. The summed E-state index contributed by atoms with van der Waals surface area (Å²) in [6, 6.07) is 20.0. The molecule has 3 aromatic rings. The topological polar surface area (TPSA) is 102 Å². The molecule has 0 aromatic heterocycles. The highest BCUT2D eigenvalue weighted by molar-refractivity contribution is 7.98. The Bertz CT molecular complexity index is 1440. The van der Waals surface area contributed by atoms with E-state index in [1.54, 1.807) is 30.0 Å². The fraction of sp³-hybridized carbons (Fsp3) is 0.394. The van der Waals surface area contributed by atoms with Crippen LogP contribution in [0.5, 0.6) is 0 Å². The van der Waals surface area contributed by atoms with Gasteiger partial charge in [-0.1, -0.05) is 61.9 Å². The lowest BCUT2D eigenvalue weighted by atomic mass is 9.91. The van der Waals surface area contributed by atoms with Gasteiger partial charge in [0.05, 0.1) is 17.8 Å². The first-order chi connectivity index (χ1) is 20.2. The number of nitrogens with one attached hydrogen (secondary N) is 2. The minimum Gasteiger partial charge on any atom is -0.467 e. The van der Waals surface area contributed by atoms with Gasteiger partial charge in [0.25, 0.3) is 5.91 Å². The van der Waals surface area contributed by atoms with Gasteiger partial charge < -0.3 is 15.4 Å². The molecule has 0 heterocycles. The van der Waals surface area contributed by atoms with Crippen molar-refractivity contribution in [2.24, 2.45) is 0 Å². The number of ether oxygens (including phenoxy) is 1. The highest BCUT2D eigenvalue weighted by atomic mass is 32.2. The smallest absolute Gasteiger partial charge is 0.328 e. The summed E-state index contributed by atoms with van der Waals surface area (Å²) in [6.07, 6.45) is 4.66. The summed E-state index contributed by atoms with van der Waals surface area (Å²) in [4.78, 5) is 26.3. The van der Waals surface area contributed by atoms with Crippen molar-refractivity contribution in [3.63, 3.8) is 0 Å². The lowest BCUT2D eigenvalue weighted by Crippen LogP contribution is -2.42. The molecule has 1 amide bonds. The van der Waals surface area contributed by atoms with E-state index < -0.39 is 21.8 Å². The van der Waals surface area contributed by atoms with Crippen LogP contribution in [-0.2, 0) is 32.3 Å². The Kier molecular flexibility index (Phi) is 13.1. The van der Waals surface area contributed by atoms with Crippen LogP contribution in [0.15, 0.2) is 71.6 Å². The number of thioether (sulfide) groups is 1. The summed E-state index contributed by atoms with van der Waals surface area (Å²) in [5, 5.41) is 6.39. The Morgan fingerprint density at radius 2 is 1.74 bits per heavy atom. The fourth-order valence-electron chi connectivity index (χ4n) is 4.74. The molecule has 7 nitrogen and oxygen atoms in total. The number of rotatable bonds is 16. The molecule has 0 aliphatic carbocycles. The van der Waals surface area contributed by atoms with Crippen LogP contribution < -0.4 is 10.6 Å². The van der Waals surface area contributed by atoms with Gasteiger partial charge in [0.1, 0.15) is 6.04 Å². The number of esters is 1. The van der Waals surface area contributed by atoms with E-state index in [0.717, 1.165) is 40.7 Å². The average molecular weight is 611 g/mol. The van der Waals surface area contributed by atoms with Gasteiger partial charge in [0.2, 0.25) is 0 Å². The number of methoxy groups -OCH3 is 1. The van der Waals surface area contributed by atoms with E-state index in [1.165, 1.54) is 7.11 Å². The van der Waals surface area contributed by atoms with Gasteiger partial charge in [0.15, 0.2) is 9.84 Å². The lowest BCUT2D eigenvalue weighted by molar-refractivity contribution is -0.142. The second kappa shape index (κ2) is 16.5. The van der Waals surface area contributed by atoms with Crippen molar-refractivity contribution in [1.82, 2.24) is 10.6 Å². The maximum absolute atomic E-state index is 13.6. The molecule has 0 spiro atoms. The van der Waals surface area contributed by atoms with Crippen LogP contribution in [0.2, 0.25) is 0 Å². The molecule has 9 heteroatoms. The van der Waals surface area contributed by atoms with Crippen LogP contribution in [0.4, 0.5) is 0 Å². The number of carbonyl (C=O) groups is 2. The molecule has 42 heavy (non-hydrogen) atoms. The maximum Gasteiger partial charge on any atom is 0.328 e. The molecule has 0 aliphatic heterocycles. The number of aryl methyl sites for hydroxylation is 1. The average Bonchev–Trinajstić information content (AvgIpc) is 3.00. The van der Waals surface area contributed by atoms with Crippen molar-refractivity contribution >= 4 is 33.5 Å². The predicted octanol–water partition coefficient (Wildman–Crippen LogP) is 5.59. The number of sulfone groups is 1. The van der Waals surface area contributed by atoms with Crippen molar-refractivity contribution in [1.29, 1.82) is 0 Å². The molecule has 0 unspecified atom stereocenters. The Hall–Kier alpha value is -3.14. The first-order valence-electron chi connectivity index (χ1n) is 14.3. The van der Waals surface area contributed by atoms with Gasteiger partial charge in [-0.3, -0.25) is 4.79 Å². The van der Waals surface area contributed by atoms with Gasteiger partial charge in [-0.15, -0.1) is 0 Å². The molecular weight excluding hydrogens is 569 g/mol. The zero-order chi connectivity index (χ0) is 30.5. The molecule has 0 aliphatic rings. The van der Waals surface area contributed by atoms with E-state index in [1.807, 2.05) is 68.6 Å². The van der Waals surface area contributed by atoms with Crippen LogP contribution in [0.3, 0.4) is 0 Å². The molecular formula is C33H42N2O5S2. The first-order valence-corrected chi connectivity index (χ1v) is 17.3. The van der Waals surface area contributed by atoms with Gasteiger partial charge in [-0.25, -0.2) is 13.2 Å². The summed E-state index contributed by atoms with van der Waals surface area (Å²) in [5.74, 6) is 0.109. The first kappa shape index (κ1) is 33.4. The minimum atomic E-state index is -3.24. The molecule has 1 atom stereocenters. The van der Waals surface area contributed by atoms with Gasteiger partial charge >= 0.3 is 5.97 Å². The summed E-state index contributed by atoms with van der Waals surface area (Å²) in [5.41, 5.74) is 5.34. The van der Waals surface area contributed by atoms with E-state index in [2.05, 4.69) is 10.6 Å². The second-order valence-electron chi connectivity index (χ2n) is 10.2. The van der Waals surface area contributed by atoms with Crippen LogP contribution in [-0.4, -0.2) is 57.8 Å². The third kappa shape index (κ3) is 9.18. The number of amides is 1. The van der Waals surface area contributed by atoms with E-state index in [-0.39, 0.29) is 11.7 Å². The molecule has 3 aromatic carbocycles. The second-order valence-corrected chi connectivity index (χ2v) is 13.3. The number of carbonyl (C=O) groups excluding carboxylic acids is 2. The molecule has 0 fully saturated rings. The molecule has 226 valence electrons. The lowest BCUT2D eigenvalue weighted by Gasteiger charge is -2.20. The van der Waals surface area contributed by atoms with Crippen molar-refractivity contribution < 1.29 is 22.7 Å². The number of hydrogen-bond donors (Lipinski definition) is 2. The van der Waals surface area contributed by atoms with Crippen molar-refractivity contribution in [2.45, 2.75) is 57.0 Å². The molecule has 2 N–H and O–H groups in total.